The third-order valence-electron chi connectivity index (χ3n) is 3.92. The average molecular weight is 320 g/mol. The summed E-state index contributed by atoms with van der Waals surface area (Å²) in [6.07, 6.45) is 0. The summed E-state index contributed by atoms with van der Waals surface area (Å²) in [5, 5.41) is 1.32. The fourth-order valence-corrected chi connectivity index (χ4v) is 2.82. The highest BCUT2D eigenvalue weighted by Gasteiger charge is 2.22. The molecule has 120 valence electrons. The number of fused-ring (bicyclic) bond motifs is 1. The van der Waals surface area contributed by atoms with E-state index < -0.39 is 11.9 Å². The second-order valence-corrected chi connectivity index (χ2v) is 5.24. The lowest BCUT2D eigenvalue weighted by Crippen LogP contribution is -2.09. The molecule has 3 rings (SSSR count). The zero-order chi connectivity index (χ0) is 17.1. The maximum absolute atomic E-state index is 12.4. The fourth-order valence-electron chi connectivity index (χ4n) is 2.82. The van der Waals surface area contributed by atoms with Crippen LogP contribution in [0, 0.1) is 0 Å². The van der Waals surface area contributed by atoms with E-state index >= 15 is 0 Å². The Bertz CT molecular complexity index is 914. The van der Waals surface area contributed by atoms with Gasteiger partial charge >= 0.3 is 11.9 Å². The lowest BCUT2D eigenvalue weighted by atomic mass is 9.91. The molecule has 4 nitrogen and oxygen atoms in total. The highest BCUT2D eigenvalue weighted by molar-refractivity contribution is 6.16. The van der Waals surface area contributed by atoms with Crippen LogP contribution in [0.25, 0.3) is 21.9 Å². The Morgan fingerprint density at radius 3 is 1.96 bits per heavy atom. The molecule has 0 aliphatic heterocycles. The molecule has 0 spiro atoms. The number of carbonyl (C=O) groups excluding carboxylic acids is 2. The molecule has 0 atom stereocenters. The van der Waals surface area contributed by atoms with Crippen LogP contribution in [0.15, 0.2) is 60.7 Å². The van der Waals surface area contributed by atoms with Gasteiger partial charge in [-0.2, -0.15) is 0 Å². The van der Waals surface area contributed by atoms with Crippen LogP contribution >= 0.6 is 0 Å². The molecule has 0 amide bonds. The van der Waals surface area contributed by atoms with E-state index in [0.29, 0.717) is 27.5 Å². The van der Waals surface area contributed by atoms with Crippen LogP contribution < -0.4 is 0 Å². The Labute approximate surface area is 139 Å². The molecule has 24 heavy (non-hydrogen) atoms. The van der Waals surface area contributed by atoms with Gasteiger partial charge < -0.3 is 9.47 Å². The van der Waals surface area contributed by atoms with E-state index in [-0.39, 0.29) is 0 Å². The smallest absolute Gasteiger partial charge is 0.339 e. The molecule has 0 aromatic heterocycles. The lowest BCUT2D eigenvalue weighted by molar-refractivity contribution is 0.0590. The van der Waals surface area contributed by atoms with E-state index in [1.807, 2.05) is 42.5 Å². The van der Waals surface area contributed by atoms with Gasteiger partial charge in [0.25, 0.3) is 0 Å². The van der Waals surface area contributed by atoms with Crippen molar-refractivity contribution >= 4 is 22.7 Å². The van der Waals surface area contributed by atoms with Gasteiger partial charge in [0.1, 0.15) is 0 Å². The minimum Gasteiger partial charge on any atom is -0.465 e. The third kappa shape index (κ3) is 2.63. The number of rotatable bonds is 3. The quantitative estimate of drug-likeness (QED) is 0.682. The highest BCUT2D eigenvalue weighted by atomic mass is 16.5. The molecule has 0 radical (unpaired) electrons. The van der Waals surface area contributed by atoms with E-state index in [0.717, 1.165) is 5.56 Å². The molecule has 4 heteroatoms. The lowest BCUT2D eigenvalue weighted by Gasteiger charge is -2.15. The van der Waals surface area contributed by atoms with Gasteiger partial charge in [-0.15, -0.1) is 0 Å². The Hall–Kier alpha value is -3.14. The number of carbonyl (C=O) groups is 2. The molecule has 0 aliphatic rings. The van der Waals surface area contributed by atoms with Crippen molar-refractivity contribution in [3.8, 4) is 11.1 Å². The Morgan fingerprint density at radius 2 is 1.33 bits per heavy atom. The summed E-state index contributed by atoms with van der Waals surface area (Å²) in [6, 6.07) is 18.4. The fraction of sp³-hybridized carbons (Fsp3) is 0.100. The summed E-state index contributed by atoms with van der Waals surface area (Å²) in [6.45, 7) is 0. The molecule has 0 saturated heterocycles. The Balaban J connectivity index is 2.44. The molecule has 0 fully saturated rings. The van der Waals surface area contributed by atoms with Gasteiger partial charge in [-0.3, -0.25) is 0 Å². The molecule has 0 saturated carbocycles. The third-order valence-corrected chi connectivity index (χ3v) is 3.92. The Morgan fingerprint density at radius 1 is 0.750 bits per heavy atom. The predicted octanol–water partition coefficient (Wildman–Crippen LogP) is 4.08. The summed E-state index contributed by atoms with van der Waals surface area (Å²) in [4.78, 5) is 24.7. The normalized spacial score (nSPS) is 10.4. The van der Waals surface area contributed by atoms with Crippen LogP contribution in [0.4, 0.5) is 0 Å². The molecule has 3 aromatic rings. The number of hydrogen-bond donors (Lipinski definition) is 0. The number of benzene rings is 3. The van der Waals surface area contributed by atoms with Crippen molar-refractivity contribution in [1.29, 1.82) is 0 Å². The topological polar surface area (TPSA) is 52.6 Å². The van der Waals surface area contributed by atoms with Gasteiger partial charge in [-0.25, -0.2) is 9.59 Å². The summed E-state index contributed by atoms with van der Waals surface area (Å²) >= 11 is 0. The van der Waals surface area contributed by atoms with Crippen LogP contribution in [0.1, 0.15) is 20.7 Å². The maximum Gasteiger partial charge on any atom is 0.339 e. The first-order valence-electron chi connectivity index (χ1n) is 7.45. The SMILES string of the molecule is COC(=O)c1cc(-c2ccccc2)c(C(=O)OC)c2ccccc12. The minimum atomic E-state index is -0.445. The van der Waals surface area contributed by atoms with Crippen molar-refractivity contribution in [2.75, 3.05) is 14.2 Å². The zero-order valence-electron chi connectivity index (χ0n) is 13.4. The average Bonchev–Trinajstić information content (AvgIpc) is 2.66. The zero-order valence-corrected chi connectivity index (χ0v) is 13.4. The van der Waals surface area contributed by atoms with E-state index in [1.54, 1.807) is 18.2 Å². The van der Waals surface area contributed by atoms with Gasteiger partial charge in [0, 0.05) is 0 Å². The minimum absolute atomic E-state index is 0.416. The van der Waals surface area contributed by atoms with E-state index in [4.69, 9.17) is 9.47 Å². The van der Waals surface area contributed by atoms with Crippen LogP contribution in [-0.2, 0) is 9.47 Å². The molecular weight excluding hydrogens is 304 g/mol. The standard InChI is InChI=1S/C20H16O4/c1-23-19(21)17-12-16(13-8-4-3-5-9-13)18(20(22)24-2)15-11-7-6-10-14(15)17/h3-12H,1-2H3. The van der Waals surface area contributed by atoms with E-state index in [1.165, 1.54) is 14.2 Å². The second-order valence-electron chi connectivity index (χ2n) is 5.24. The molecule has 0 bridgehead atoms. The first kappa shape index (κ1) is 15.7. The van der Waals surface area contributed by atoms with Crippen molar-refractivity contribution in [3.63, 3.8) is 0 Å². The van der Waals surface area contributed by atoms with Gasteiger partial charge in [0.15, 0.2) is 0 Å². The van der Waals surface area contributed by atoms with Crippen LogP contribution in [-0.4, -0.2) is 26.2 Å². The highest BCUT2D eigenvalue weighted by Crippen LogP contribution is 2.34. The molecule has 3 aromatic carbocycles. The van der Waals surface area contributed by atoms with E-state index in [2.05, 4.69) is 0 Å². The van der Waals surface area contributed by atoms with Gasteiger partial charge in [-0.1, -0.05) is 54.6 Å². The van der Waals surface area contributed by atoms with Gasteiger partial charge in [-0.05, 0) is 28.0 Å². The maximum atomic E-state index is 12.4. The summed E-state index contributed by atoms with van der Waals surface area (Å²) in [7, 11) is 2.69. The number of hydrogen-bond acceptors (Lipinski definition) is 4. The van der Waals surface area contributed by atoms with Gasteiger partial charge in [0.05, 0.1) is 25.3 Å². The van der Waals surface area contributed by atoms with Gasteiger partial charge in [0.2, 0.25) is 0 Å². The monoisotopic (exact) mass is 320 g/mol. The number of methoxy groups -OCH3 is 2. The first-order chi connectivity index (χ1) is 11.7. The van der Waals surface area contributed by atoms with Crippen molar-refractivity contribution < 1.29 is 19.1 Å². The van der Waals surface area contributed by atoms with Crippen molar-refractivity contribution in [2.24, 2.45) is 0 Å². The van der Waals surface area contributed by atoms with E-state index in [9.17, 15) is 9.59 Å². The van der Waals surface area contributed by atoms with Crippen LogP contribution in [0.3, 0.4) is 0 Å². The van der Waals surface area contributed by atoms with Crippen molar-refractivity contribution in [2.45, 2.75) is 0 Å². The summed E-state index contributed by atoms with van der Waals surface area (Å²) in [5.41, 5.74) is 2.32. The summed E-state index contributed by atoms with van der Waals surface area (Å²) < 4.78 is 9.88. The molecule has 0 N–H and O–H groups in total. The number of ether oxygens (including phenoxy) is 2. The first-order valence-corrected chi connectivity index (χ1v) is 7.45. The van der Waals surface area contributed by atoms with Crippen molar-refractivity contribution in [3.05, 3.63) is 71.8 Å². The Kier molecular flexibility index (Phi) is 4.29. The number of esters is 2. The predicted molar refractivity (Wildman–Crippen MR) is 92.1 cm³/mol. The molecular formula is C20H16O4. The molecule has 0 heterocycles. The van der Waals surface area contributed by atoms with Crippen LogP contribution in [0.2, 0.25) is 0 Å². The molecule has 0 unspecified atom stereocenters. The largest absolute Gasteiger partial charge is 0.465 e. The molecule has 0 aliphatic carbocycles. The van der Waals surface area contributed by atoms with Crippen molar-refractivity contribution in [1.82, 2.24) is 0 Å². The summed E-state index contributed by atoms with van der Waals surface area (Å²) in [5.74, 6) is -0.888. The second kappa shape index (κ2) is 6.54. The van der Waals surface area contributed by atoms with Crippen LogP contribution in [0.5, 0.6) is 0 Å².